The van der Waals surface area contributed by atoms with Crippen molar-refractivity contribution in [1.82, 2.24) is 0 Å². The summed E-state index contributed by atoms with van der Waals surface area (Å²) >= 11 is 0. The summed E-state index contributed by atoms with van der Waals surface area (Å²) in [5.74, 6) is 0. The molecule has 29 heavy (non-hydrogen) atoms. The van der Waals surface area contributed by atoms with Crippen LogP contribution < -0.4 is 0 Å². The number of nitrogens with zero attached hydrogens (tertiary/aromatic N) is 2. The summed E-state index contributed by atoms with van der Waals surface area (Å²) in [6.07, 6.45) is 5.66. The zero-order valence-electron chi connectivity index (χ0n) is 18.6. The van der Waals surface area contributed by atoms with Crippen LogP contribution in [0.25, 0.3) is 0 Å². The van der Waals surface area contributed by atoms with E-state index in [1.165, 1.54) is 33.4 Å². The molecule has 5 heteroatoms. The molecule has 0 bridgehead atoms. The van der Waals surface area contributed by atoms with Crippen molar-refractivity contribution in [2.24, 2.45) is 7.86 Å². The third kappa shape index (κ3) is 6.08. The Hall–Kier alpha value is -0.848. The van der Waals surface area contributed by atoms with Gasteiger partial charge in [-0.15, -0.1) is 0 Å². The summed E-state index contributed by atoms with van der Waals surface area (Å²) in [6, 6.07) is 8.96. The first kappa shape index (κ1) is 24.4. The van der Waals surface area contributed by atoms with Crippen molar-refractivity contribution in [3.8, 4) is 0 Å². The van der Waals surface area contributed by atoms with Gasteiger partial charge in [0.05, 0.1) is 0 Å². The van der Waals surface area contributed by atoms with Crippen LogP contribution in [-0.2, 0) is 49.4 Å². The molecule has 0 atom stereocenters. The Morgan fingerprint density at radius 3 is 1.03 bits per heavy atom. The summed E-state index contributed by atoms with van der Waals surface area (Å²) in [6.45, 7) is 13.0. The van der Waals surface area contributed by atoms with Crippen LogP contribution >= 0.6 is 20.1 Å². The number of rotatable bonds is 8. The van der Waals surface area contributed by atoms with E-state index >= 15 is 0 Å². The summed E-state index contributed by atoms with van der Waals surface area (Å²) < 4.78 is 9.83. The van der Waals surface area contributed by atoms with Gasteiger partial charge in [0.25, 0.3) is 0 Å². The molecule has 0 saturated carbocycles. The van der Waals surface area contributed by atoms with Gasteiger partial charge in [-0.1, -0.05) is 0 Å². The molecule has 0 spiro atoms. The Bertz CT molecular complexity index is 853. The van der Waals surface area contributed by atoms with E-state index in [-0.39, 0.29) is 0 Å². The standard InChI is InChI=1S/2C12H17N.2ClH.Cr/c2*1-4-9-7-10(5-2)12(13)11(6-3)8-9;;;/h2*7-8H,4-6H2,1-3H3;2*1H;/q;;;;+2/p-2. The van der Waals surface area contributed by atoms with Crippen LogP contribution in [-0.4, -0.2) is 0 Å². The van der Waals surface area contributed by atoms with Crippen molar-refractivity contribution < 1.29 is 10.8 Å². The monoisotopic (exact) mass is 472 g/mol. The van der Waals surface area contributed by atoms with E-state index in [0.717, 1.165) is 49.9 Å². The summed E-state index contributed by atoms with van der Waals surface area (Å²) in [7, 11) is 10.3. The first-order chi connectivity index (χ1) is 13.8. The van der Waals surface area contributed by atoms with Crippen molar-refractivity contribution in [2.45, 2.75) is 80.1 Å². The first-order valence-electron chi connectivity index (χ1n) is 10.8. The van der Waals surface area contributed by atoms with Gasteiger partial charge in [0, 0.05) is 0 Å². The Morgan fingerprint density at radius 1 is 0.552 bits per heavy atom. The van der Waals surface area contributed by atoms with Gasteiger partial charge >= 0.3 is 188 Å². The third-order valence-corrected chi connectivity index (χ3v) is 7.79. The van der Waals surface area contributed by atoms with E-state index in [9.17, 15) is 0 Å². The zero-order valence-corrected chi connectivity index (χ0v) is 21.4. The van der Waals surface area contributed by atoms with Crippen molar-refractivity contribution in [1.29, 1.82) is 0 Å². The van der Waals surface area contributed by atoms with Gasteiger partial charge in [-0.25, -0.2) is 0 Å². The number of hydrogen-bond donors (Lipinski definition) is 0. The molecule has 0 amide bonds. The van der Waals surface area contributed by atoms with Gasteiger partial charge in [0.2, 0.25) is 0 Å². The van der Waals surface area contributed by atoms with E-state index in [0.29, 0.717) is 0 Å². The topological polar surface area (TPSA) is 24.7 Å². The summed E-state index contributed by atoms with van der Waals surface area (Å²) in [5, 5.41) is 0. The quantitative estimate of drug-likeness (QED) is 0.366. The van der Waals surface area contributed by atoms with Crippen molar-refractivity contribution >= 4 is 31.5 Å². The molecule has 0 aliphatic heterocycles. The maximum atomic E-state index is 6.86. The SMILES string of the molecule is CCc1cc(CC)c([N]=[Cr]([Cl])([Cl])=[N]c2c(CC)cc(CC)cc2CC)c(CC)c1. The number of aryl methyl sites for hydroxylation is 6. The predicted molar refractivity (Wildman–Crippen MR) is 125 cm³/mol. The third-order valence-electron chi connectivity index (χ3n) is 5.40. The molecule has 0 saturated heterocycles. The molecule has 2 nitrogen and oxygen atoms in total. The molecule has 0 aliphatic carbocycles. The van der Waals surface area contributed by atoms with Crippen molar-refractivity contribution in [3.05, 3.63) is 57.6 Å². The van der Waals surface area contributed by atoms with Gasteiger partial charge in [-0.3, -0.25) is 0 Å². The van der Waals surface area contributed by atoms with Gasteiger partial charge in [-0.2, -0.15) is 0 Å². The average molecular weight is 473 g/mol. The molecule has 160 valence electrons. The van der Waals surface area contributed by atoms with Gasteiger partial charge < -0.3 is 0 Å². The van der Waals surface area contributed by atoms with Crippen molar-refractivity contribution in [2.75, 3.05) is 0 Å². The number of hydrogen-bond acceptors (Lipinski definition) is 2. The maximum absolute atomic E-state index is 6.86. The molecule has 2 aromatic rings. The summed E-state index contributed by atoms with van der Waals surface area (Å²) in [4.78, 5) is 0. The minimum absolute atomic E-state index is 0.909. The van der Waals surface area contributed by atoms with E-state index in [2.05, 4.69) is 65.8 Å². The molecule has 2 aromatic carbocycles. The normalized spacial score (nSPS) is 11.6. The molecule has 0 heterocycles. The fourth-order valence-electron chi connectivity index (χ4n) is 3.63. The van der Waals surface area contributed by atoms with Crippen molar-refractivity contribution in [3.63, 3.8) is 0 Å². The predicted octanol–water partition coefficient (Wildman–Crippen LogP) is 8.85. The first-order valence-corrected chi connectivity index (χ1v) is 15.4. The molecule has 0 fully saturated rings. The van der Waals surface area contributed by atoms with E-state index in [4.69, 9.17) is 28.0 Å². The van der Waals surface area contributed by atoms with E-state index in [1.54, 1.807) is 0 Å². The van der Waals surface area contributed by atoms with E-state index in [1.807, 2.05) is 0 Å². The van der Waals surface area contributed by atoms with Crippen LogP contribution in [0.1, 0.15) is 74.9 Å². The summed E-state index contributed by atoms with van der Waals surface area (Å²) in [5.41, 5.74) is 9.46. The second-order valence-corrected chi connectivity index (χ2v) is 13.3. The second kappa shape index (κ2) is 11.0. The second-order valence-electron chi connectivity index (χ2n) is 7.25. The molecular weight excluding hydrogens is 439 g/mol. The fourth-order valence-corrected chi connectivity index (χ4v) is 6.25. The molecule has 0 radical (unpaired) electrons. The molecule has 0 aromatic heterocycles. The van der Waals surface area contributed by atoms with Crippen LogP contribution in [0.15, 0.2) is 32.1 Å². The molecule has 0 N–H and O–H groups in total. The molecule has 0 unspecified atom stereocenters. The zero-order chi connectivity index (χ0) is 21.6. The molecule has 0 aliphatic rings. The Morgan fingerprint density at radius 2 is 0.828 bits per heavy atom. The molecule has 2 rings (SSSR count). The Balaban J connectivity index is 2.76. The Kier molecular flexibility index (Phi) is 9.23. The van der Waals surface area contributed by atoms with Crippen LogP contribution in [0.2, 0.25) is 0 Å². The van der Waals surface area contributed by atoms with Crippen LogP contribution in [0.5, 0.6) is 0 Å². The van der Waals surface area contributed by atoms with Gasteiger partial charge in [0.1, 0.15) is 0 Å². The molecular formula is C24H34Cl2CrN2. The number of benzene rings is 2. The fraction of sp³-hybridized carbons (Fsp3) is 0.500. The number of halogens is 2. The van der Waals surface area contributed by atoms with Crippen LogP contribution in [0.4, 0.5) is 11.4 Å². The van der Waals surface area contributed by atoms with Crippen LogP contribution in [0, 0.1) is 0 Å². The van der Waals surface area contributed by atoms with E-state index < -0.39 is 10.8 Å². The average Bonchev–Trinajstić information content (AvgIpc) is 2.73. The van der Waals surface area contributed by atoms with Gasteiger partial charge in [-0.05, 0) is 0 Å². The van der Waals surface area contributed by atoms with Crippen LogP contribution in [0.3, 0.4) is 0 Å². The van der Waals surface area contributed by atoms with Gasteiger partial charge in [0.15, 0.2) is 0 Å². The minimum atomic E-state index is -3.45. The Labute approximate surface area is 187 Å².